The molecular weight excluding hydrogens is 325 g/mol. The number of hydrogen-bond donors (Lipinski definition) is 1. The highest BCUT2D eigenvalue weighted by atomic mass is 32.2. The van der Waals surface area contributed by atoms with Crippen molar-refractivity contribution in [2.24, 2.45) is 0 Å². The maximum atomic E-state index is 13.7. The highest BCUT2D eigenvalue weighted by Gasteiger charge is 2.43. The van der Waals surface area contributed by atoms with Crippen LogP contribution in [0.3, 0.4) is 0 Å². The van der Waals surface area contributed by atoms with E-state index in [9.17, 15) is 18.0 Å². The van der Waals surface area contributed by atoms with Crippen molar-refractivity contribution in [2.45, 2.75) is 43.6 Å². The van der Waals surface area contributed by atoms with Gasteiger partial charge in [-0.3, -0.25) is 4.79 Å². The lowest BCUT2D eigenvalue weighted by molar-refractivity contribution is -0.123. The van der Waals surface area contributed by atoms with Crippen molar-refractivity contribution in [3.63, 3.8) is 0 Å². The molecule has 1 fully saturated rings. The van der Waals surface area contributed by atoms with E-state index in [1.54, 1.807) is 11.6 Å². The van der Waals surface area contributed by atoms with Crippen LogP contribution in [0, 0.1) is 5.82 Å². The van der Waals surface area contributed by atoms with E-state index < -0.39 is 12.2 Å². The molecule has 1 aromatic rings. The standard InChI is InChI=1S/C16H17F3N2OS/c1-16(2)8-12(14(22)20-16)21-3-4-23-15(21)10-5-9(13(18)19)6-11(17)7-10/h3-7,12-13,15H,8H2,1-2H3,(H,20,22). The monoisotopic (exact) mass is 342 g/mol. The molecule has 1 aromatic carbocycles. The summed E-state index contributed by atoms with van der Waals surface area (Å²) in [6, 6.07) is 3.02. The first-order chi connectivity index (χ1) is 10.8. The highest BCUT2D eigenvalue weighted by Crippen LogP contribution is 2.43. The summed E-state index contributed by atoms with van der Waals surface area (Å²) < 4.78 is 39.5. The van der Waals surface area contributed by atoms with Crippen LogP contribution < -0.4 is 5.32 Å². The van der Waals surface area contributed by atoms with Gasteiger partial charge in [0.15, 0.2) is 0 Å². The SMILES string of the molecule is CC1(C)CC(N2C=CSC2c2cc(F)cc(C(F)F)c2)C(=O)N1. The van der Waals surface area contributed by atoms with E-state index >= 15 is 0 Å². The third-order valence-corrected chi connectivity index (χ3v) is 5.07. The molecule has 1 amide bonds. The van der Waals surface area contributed by atoms with Gasteiger partial charge in [-0.2, -0.15) is 0 Å². The predicted octanol–water partition coefficient (Wildman–Crippen LogP) is 3.95. The summed E-state index contributed by atoms with van der Waals surface area (Å²) in [5.41, 5.74) is -0.222. The zero-order chi connectivity index (χ0) is 16.8. The Morgan fingerprint density at radius 2 is 2.09 bits per heavy atom. The van der Waals surface area contributed by atoms with Crippen LogP contribution in [0.2, 0.25) is 0 Å². The number of nitrogens with zero attached hydrogens (tertiary/aromatic N) is 1. The van der Waals surface area contributed by atoms with Crippen molar-refractivity contribution < 1.29 is 18.0 Å². The van der Waals surface area contributed by atoms with Gasteiger partial charge in [-0.15, -0.1) is 11.8 Å². The second-order valence-electron chi connectivity index (χ2n) is 6.43. The minimum atomic E-state index is -2.73. The summed E-state index contributed by atoms with van der Waals surface area (Å²) in [4.78, 5) is 14.0. The number of nitrogens with one attached hydrogen (secondary N) is 1. The molecule has 23 heavy (non-hydrogen) atoms. The van der Waals surface area contributed by atoms with Gasteiger partial charge in [-0.1, -0.05) is 0 Å². The van der Waals surface area contributed by atoms with Gasteiger partial charge in [0.05, 0.1) is 0 Å². The Balaban J connectivity index is 1.90. The number of carbonyl (C=O) groups excluding carboxylic acids is 1. The van der Waals surface area contributed by atoms with Crippen molar-refractivity contribution in [3.8, 4) is 0 Å². The normalized spacial score (nSPS) is 26.2. The molecule has 124 valence electrons. The number of carbonyl (C=O) groups is 1. The predicted molar refractivity (Wildman–Crippen MR) is 83.3 cm³/mol. The van der Waals surface area contributed by atoms with Gasteiger partial charge >= 0.3 is 0 Å². The van der Waals surface area contributed by atoms with Crippen molar-refractivity contribution >= 4 is 17.7 Å². The molecule has 2 unspecified atom stereocenters. The van der Waals surface area contributed by atoms with Crippen LogP contribution in [-0.2, 0) is 4.79 Å². The van der Waals surface area contributed by atoms with Crippen LogP contribution in [0.5, 0.6) is 0 Å². The molecule has 0 spiro atoms. The number of alkyl halides is 2. The van der Waals surface area contributed by atoms with E-state index in [2.05, 4.69) is 5.32 Å². The van der Waals surface area contributed by atoms with E-state index in [-0.39, 0.29) is 28.4 Å². The summed E-state index contributed by atoms with van der Waals surface area (Å²) in [6.45, 7) is 3.87. The third kappa shape index (κ3) is 3.20. The molecule has 2 atom stereocenters. The summed E-state index contributed by atoms with van der Waals surface area (Å²) in [5.74, 6) is -0.793. The number of halogens is 3. The van der Waals surface area contributed by atoms with Gasteiger partial charge < -0.3 is 10.2 Å². The van der Waals surface area contributed by atoms with Gasteiger partial charge in [0.2, 0.25) is 5.91 Å². The van der Waals surface area contributed by atoms with Crippen LogP contribution in [0.15, 0.2) is 29.8 Å². The van der Waals surface area contributed by atoms with Crippen molar-refractivity contribution in [1.82, 2.24) is 10.2 Å². The smallest absolute Gasteiger partial charge is 0.263 e. The molecule has 0 radical (unpaired) electrons. The summed E-state index contributed by atoms with van der Waals surface area (Å²) >= 11 is 1.38. The average Bonchev–Trinajstić information content (AvgIpc) is 3.01. The topological polar surface area (TPSA) is 32.3 Å². The van der Waals surface area contributed by atoms with Crippen LogP contribution >= 0.6 is 11.8 Å². The Morgan fingerprint density at radius 1 is 1.35 bits per heavy atom. The molecular formula is C16H17F3N2OS. The fourth-order valence-electron chi connectivity index (χ4n) is 3.04. The van der Waals surface area contributed by atoms with Gasteiger partial charge in [0.1, 0.15) is 17.2 Å². The van der Waals surface area contributed by atoms with Gasteiger partial charge in [0, 0.05) is 17.3 Å². The quantitative estimate of drug-likeness (QED) is 0.903. The number of benzene rings is 1. The lowest BCUT2D eigenvalue weighted by atomic mass is 10.00. The van der Waals surface area contributed by atoms with E-state index in [1.165, 1.54) is 23.9 Å². The second kappa shape index (κ2) is 5.78. The first kappa shape index (κ1) is 16.2. The molecule has 2 aliphatic rings. The van der Waals surface area contributed by atoms with Crippen molar-refractivity contribution in [1.29, 1.82) is 0 Å². The number of thioether (sulfide) groups is 1. The van der Waals surface area contributed by atoms with Crippen LogP contribution in [0.1, 0.15) is 43.2 Å². The van der Waals surface area contributed by atoms with E-state index in [0.29, 0.717) is 12.0 Å². The molecule has 3 rings (SSSR count). The molecule has 7 heteroatoms. The average molecular weight is 342 g/mol. The fraction of sp³-hybridized carbons (Fsp3) is 0.438. The Morgan fingerprint density at radius 3 is 2.70 bits per heavy atom. The lowest BCUT2D eigenvalue weighted by Gasteiger charge is -2.30. The summed E-state index contributed by atoms with van der Waals surface area (Å²) in [5, 5.41) is 4.34. The van der Waals surface area contributed by atoms with Gasteiger partial charge in [-0.05, 0) is 49.4 Å². The van der Waals surface area contributed by atoms with Gasteiger partial charge in [-0.25, -0.2) is 13.2 Å². The van der Waals surface area contributed by atoms with Crippen molar-refractivity contribution in [3.05, 3.63) is 46.8 Å². The van der Waals surface area contributed by atoms with E-state index in [1.807, 2.05) is 18.7 Å². The second-order valence-corrected chi connectivity index (χ2v) is 7.42. The third-order valence-electron chi connectivity index (χ3n) is 4.02. The number of amides is 1. The molecule has 1 saturated heterocycles. The first-order valence-electron chi connectivity index (χ1n) is 7.27. The van der Waals surface area contributed by atoms with Crippen LogP contribution in [0.4, 0.5) is 13.2 Å². The van der Waals surface area contributed by atoms with Crippen LogP contribution in [0.25, 0.3) is 0 Å². The Bertz CT molecular complexity index is 663. The zero-order valence-electron chi connectivity index (χ0n) is 12.7. The Labute approximate surface area is 136 Å². The zero-order valence-corrected chi connectivity index (χ0v) is 13.5. The summed E-state index contributed by atoms with van der Waals surface area (Å²) in [7, 11) is 0. The van der Waals surface area contributed by atoms with Gasteiger partial charge in [0.25, 0.3) is 6.43 Å². The van der Waals surface area contributed by atoms with E-state index in [0.717, 1.165) is 6.07 Å². The number of hydrogen-bond acceptors (Lipinski definition) is 3. The molecule has 0 bridgehead atoms. The molecule has 0 aromatic heterocycles. The highest BCUT2D eigenvalue weighted by molar-refractivity contribution is 8.02. The first-order valence-corrected chi connectivity index (χ1v) is 8.21. The molecule has 1 N–H and O–H groups in total. The lowest BCUT2D eigenvalue weighted by Crippen LogP contribution is -2.38. The molecule has 0 aliphatic carbocycles. The minimum Gasteiger partial charge on any atom is -0.349 e. The Hall–Kier alpha value is -1.63. The molecule has 3 nitrogen and oxygen atoms in total. The molecule has 0 saturated carbocycles. The molecule has 2 heterocycles. The summed E-state index contributed by atoms with van der Waals surface area (Å²) in [6.07, 6.45) is -0.357. The molecule has 2 aliphatic heterocycles. The van der Waals surface area contributed by atoms with E-state index in [4.69, 9.17) is 0 Å². The maximum absolute atomic E-state index is 13.7. The maximum Gasteiger partial charge on any atom is 0.263 e. The number of rotatable bonds is 3. The minimum absolute atomic E-state index is 0.0994. The Kier molecular flexibility index (Phi) is 4.08. The largest absolute Gasteiger partial charge is 0.349 e. The van der Waals surface area contributed by atoms with Crippen molar-refractivity contribution in [2.75, 3.05) is 0 Å². The fourth-order valence-corrected chi connectivity index (χ4v) is 4.05. The van der Waals surface area contributed by atoms with Crippen LogP contribution in [-0.4, -0.2) is 22.4 Å².